The fourth-order valence-corrected chi connectivity index (χ4v) is 3.07. The van der Waals surface area contributed by atoms with Crippen LogP contribution in [-0.4, -0.2) is 22.3 Å². The molecule has 0 radical (unpaired) electrons. The average molecular weight is 255 g/mol. The lowest BCUT2D eigenvalue weighted by molar-refractivity contribution is 0.597. The fraction of sp³-hybridized carbons (Fsp3) is 0.667. The fourth-order valence-electron chi connectivity index (χ4n) is 1.87. The van der Waals surface area contributed by atoms with Gasteiger partial charge in [-0.1, -0.05) is 6.92 Å². The van der Waals surface area contributed by atoms with Gasteiger partial charge in [-0.25, -0.2) is 14.4 Å². The first-order valence-electron chi connectivity index (χ1n) is 6.12. The molecule has 0 bridgehead atoms. The molecule has 0 aromatic carbocycles. The predicted octanol–water partition coefficient (Wildman–Crippen LogP) is 3.31. The number of aryl methyl sites for hydroxylation is 1. The Morgan fingerprint density at radius 1 is 1.47 bits per heavy atom. The van der Waals surface area contributed by atoms with Gasteiger partial charge in [0.25, 0.3) is 0 Å². The van der Waals surface area contributed by atoms with Crippen LogP contribution in [0.15, 0.2) is 0 Å². The highest BCUT2D eigenvalue weighted by Crippen LogP contribution is 2.38. The molecule has 3 nitrogen and oxygen atoms in total. The molecule has 0 saturated carbocycles. The Kier molecular flexibility index (Phi) is 4.20. The third-order valence-electron chi connectivity index (χ3n) is 2.79. The highest BCUT2D eigenvalue weighted by atomic mass is 32.2. The number of thioether (sulfide) groups is 1. The second-order valence-corrected chi connectivity index (χ2v) is 5.57. The molecule has 1 aromatic rings. The molecule has 2 rings (SSSR count). The van der Waals surface area contributed by atoms with Gasteiger partial charge in [0.2, 0.25) is 0 Å². The molecule has 94 valence electrons. The molecule has 17 heavy (non-hydrogen) atoms. The van der Waals surface area contributed by atoms with Crippen molar-refractivity contribution in [1.29, 1.82) is 0 Å². The summed E-state index contributed by atoms with van der Waals surface area (Å²) in [6.07, 6.45) is 3.26. The van der Waals surface area contributed by atoms with Crippen LogP contribution < -0.4 is 5.32 Å². The van der Waals surface area contributed by atoms with Crippen LogP contribution in [0, 0.1) is 12.7 Å². The number of anilines is 1. The largest absolute Gasteiger partial charge is 0.368 e. The molecule has 1 unspecified atom stereocenters. The van der Waals surface area contributed by atoms with Crippen LogP contribution in [0.2, 0.25) is 0 Å². The summed E-state index contributed by atoms with van der Waals surface area (Å²) in [6, 6.07) is 0. The van der Waals surface area contributed by atoms with E-state index in [0.717, 1.165) is 31.0 Å². The van der Waals surface area contributed by atoms with Crippen LogP contribution in [0.5, 0.6) is 0 Å². The van der Waals surface area contributed by atoms with Crippen LogP contribution in [0.1, 0.15) is 43.0 Å². The quantitative estimate of drug-likeness (QED) is 0.895. The zero-order valence-electron chi connectivity index (χ0n) is 10.3. The molecule has 1 fully saturated rings. The maximum atomic E-state index is 13.8. The standard InChI is InChI=1S/C12H18FN3S/c1-3-6-14-12-10(13)8(2)15-11(16-12)9-5-4-7-17-9/h9H,3-7H2,1-2H3,(H,14,15,16). The van der Waals surface area contributed by atoms with E-state index in [1.807, 2.05) is 18.7 Å². The minimum Gasteiger partial charge on any atom is -0.368 e. The van der Waals surface area contributed by atoms with E-state index in [1.165, 1.54) is 6.42 Å². The van der Waals surface area contributed by atoms with E-state index in [9.17, 15) is 4.39 Å². The van der Waals surface area contributed by atoms with Crippen molar-refractivity contribution >= 4 is 17.6 Å². The summed E-state index contributed by atoms with van der Waals surface area (Å²) in [7, 11) is 0. The Bertz CT molecular complexity index is 392. The van der Waals surface area contributed by atoms with Crippen molar-refractivity contribution in [1.82, 2.24) is 9.97 Å². The zero-order valence-corrected chi connectivity index (χ0v) is 11.1. The molecule has 0 amide bonds. The molecular formula is C12H18FN3S. The van der Waals surface area contributed by atoms with Gasteiger partial charge < -0.3 is 5.32 Å². The van der Waals surface area contributed by atoms with Gasteiger partial charge in [0.15, 0.2) is 11.6 Å². The Hall–Kier alpha value is -0.840. The first-order valence-corrected chi connectivity index (χ1v) is 7.16. The van der Waals surface area contributed by atoms with Crippen molar-refractivity contribution in [3.05, 3.63) is 17.3 Å². The molecule has 1 aliphatic heterocycles. The van der Waals surface area contributed by atoms with Gasteiger partial charge in [-0.2, -0.15) is 11.8 Å². The summed E-state index contributed by atoms with van der Waals surface area (Å²) in [6.45, 7) is 4.49. The van der Waals surface area contributed by atoms with Gasteiger partial charge in [-0.3, -0.25) is 0 Å². The minimum atomic E-state index is -0.315. The van der Waals surface area contributed by atoms with Crippen molar-refractivity contribution in [3.63, 3.8) is 0 Å². The van der Waals surface area contributed by atoms with E-state index in [0.29, 0.717) is 16.8 Å². The Morgan fingerprint density at radius 3 is 2.94 bits per heavy atom. The normalized spacial score (nSPS) is 19.6. The third-order valence-corrected chi connectivity index (χ3v) is 4.17. The molecule has 0 spiro atoms. The average Bonchev–Trinajstić information content (AvgIpc) is 2.84. The first-order chi connectivity index (χ1) is 8.22. The molecule has 1 aromatic heterocycles. The Morgan fingerprint density at radius 2 is 2.29 bits per heavy atom. The number of nitrogens with one attached hydrogen (secondary N) is 1. The number of aromatic nitrogens is 2. The lowest BCUT2D eigenvalue weighted by Crippen LogP contribution is -2.10. The summed E-state index contributed by atoms with van der Waals surface area (Å²) < 4.78 is 13.8. The molecular weight excluding hydrogens is 237 g/mol. The summed E-state index contributed by atoms with van der Waals surface area (Å²) in [4.78, 5) is 8.61. The molecule has 1 atom stereocenters. The van der Waals surface area contributed by atoms with Gasteiger partial charge in [0.1, 0.15) is 5.82 Å². The summed E-state index contributed by atoms with van der Waals surface area (Å²) in [5, 5.41) is 3.38. The predicted molar refractivity (Wildman–Crippen MR) is 69.9 cm³/mol. The number of halogens is 1. The van der Waals surface area contributed by atoms with Crippen LogP contribution in [0.25, 0.3) is 0 Å². The van der Waals surface area contributed by atoms with Crippen LogP contribution in [-0.2, 0) is 0 Å². The number of hydrogen-bond acceptors (Lipinski definition) is 4. The van der Waals surface area contributed by atoms with Crippen molar-refractivity contribution < 1.29 is 4.39 Å². The van der Waals surface area contributed by atoms with Crippen LogP contribution in [0.4, 0.5) is 10.2 Å². The van der Waals surface area contributed by atoms with Gasteiger partial charge >= 0.3 is 0 Å². The van der Waals surface area contributed by atoms with Gasteiger partial charge in [0.05, 0.1) is 10.9 Å². The second kappa shape index (κ2) is 5.67. The smallest absolute Gasteiger partial charge is 0.186 e. The Balaban J connectivity index is 2.24. The highest BCUT2D eigenvalue weighted by molar-refractivity contribution is 7.99. The van der Waals surface area contributed by atoms with E-state index in [1.54, 1.807) is 6.92 Å². The lowest BCUT2D eigenvalue weighted by Gasteiger charge is -2.12. The Labute approximate surface area is 106 Å². The minimum absolute atomic E-state index is 0.315. The number of rotatable bonds is 4. The molecule has 1 N–H and O–H groups in total. The zero-order chi connectivity index (χ0) is 12.3. The third kappa shape index (κ3) is 2.89. The van der Waals surface area contributed by atoms with Gasteiger partial charge in [0, 0.05) is 6.54 Å². The second-order valence-electron chi connectivity index (χ2n) is 4.26. The summed E-state index contributed by atoms with van der Waals surface area (Å²) >= 11 is 1.87. The van der Waals surface area contributed by atoms with Crippen molar-refractivity contribution in [3.8, 4) is 0 Å². The van der Waals surface area contributed by atoms with E-state index >= 15 is 0 Å². The molecule has 0 aliphatic carbocycles. The summed E-state index contributed by atoms with van der Waals surface area (Å²) in [5.74, 6) is 1.99. The number of hydrogen-bond donors (Lipinski definition) is 1. The van der Waals surface area contributed by atoms with E-state index in [4.69, 9.17) is 0 Å². The molecule has 5 heteroatoms. The first kappa shape index (κ1) is 12.6. The van der Waals surface area contributed by atoms with Crippen molar-refractivity contribution in [2.24, 2.45) is 0 Å². The van der Waals surface area contributed by atoms with Crippen LogP contribution in [0.3, 0.4) is 0 Å². The van der Waals surface area contributed by atoms with Crippen molar-refractivity contribution in [2.75, 3.05) is 17.6 Å². The maximum Gasteiger partial charge on any atom is 0.186 e. The topological polar surface area (TPSA) is 37.8 Å². The summed E-state index contributed by atoms with van der Waals surface area (Å²) in [5.41, 5.74) is 0.445. The van der Waals surface area contributed by atoms with E-state index in [2.05, 4.69) is 15.3 Å². The SMILES string of the molecule is CCCNc1nc(C2CCCS2)nc(C)c1F. The van der Waals surface area contributed by atoms with Gasteiger partial charge in [-0.15, -0.1) is 0 Å². The van der Waals surface area contributed by atoms with Crippen molar-refractivity contribution in [2.45, 2.75) is 38.4 Å². The molecule has 2 heterocycles. The monoisotopic (exact) mass is 255 g/mol. The number of nitrogens with zero attached hydrogens (tertiary/aromatic N) is 2. The molecule has 1 aliphatic rings. The van der Waals surface area contributed by atoms with Gasteiger partial charge in [-0.05, 0) is 31.9 Å². The maximum absolute atomic E-state index is 13.8. The molecule has 1 saturated heterocycles. The van der Waals surface area contributed by atoms with Crippen LogP contribution >= 0.6 is 11.8 Å². The van der Waals surface area contributed by atoms with E-state index < -0.39 is 0 Å². The highest BCUT2D eigenvalue weighted by Gasteiger charge is 2.22. The lowest BCUT2D eigenvalue weighted by atomic mass is 10.2. The van der Waals surface area contributed by atoms with E-state index in [-0.39, 0.29) is 5.82 Å².